The number of carbonyl (C=O) groups is 2. The van der Waals surface area contributed by atoms with Crippen molar-refractivity contribution in [1.29, 1.82) is 0 Å². The lowest BCUT2D eigenvalue weighted by atomic mass is 10.1. The van der Waals surface area contributed by atoms with E-state index in [0.717, 1.165) is 0 Å². The molecule has 0 radical (unpaired) electrons. The molecule has 10 N–H and O–H groups in total. The number of hydrogen-bond donors (Lipinski definition) is 8. The van der Waals surface area contributed by atoms with E-state index in [2.05, 4.69) is 20.6 Å². The molecule has 14 nitrogen and oxygen atoms in total. The number of H-pyrrole nitrogens is 1. The standard InChI is InChI=1S/C16H23N7O7/c17-15-21-11-8(13(28)22-15)6(12(27)19-2-1-3-20-16(18)29)4-23(11)14-10(26)9(25)7(5-24)30-14/h4,7,9-10,14,24-26H,1-3,5H2,(H,19,27)(H3,18,20,29)(H3,17,21,22,28)/t7-,9-,10-,14-/m1/s1. The molecule has 3 amide bonds. The number of urea groups is 1. The van der Waals surface area contributed by atoms with Crippen molar-refractivity contribution in [3.05, 3.63) is 22.1 Å². The van der Waals surface area contributed by atoms with E-state index in [1.165, 1.54) is 10.8 Å². The highest BCUT2D eigenvalue weighted by Crippen LogP contribution is 2.32. The van der Waals surface area contributed by atoms with Gasteiger partial charge in [-0.15, -0.1) is 0 Å². The van der Waals surface area contributed by atoms with Gasteiger partial charge < -0.3 is 46.7 Å². The normalized spacial score (nSPS) is 23.6. The fourth-order valence-corrected chi connectivity index (χ4v) is 3.25. The molecule has 0 spiro atoms. The first-order valence-corrected chi connectivity index (χ1v) is 9.09. The van der Waals surface area contributed by atoms with Gasteiger partial charge in [-0.05, 0) is 6.42 Å². The highest BCUT2D eigenvalue weighted by molar-refractivity contribution is 6.06. The molecule has 0 aromatic carbocycles. The number of nitrogens with zero attached hydrogens (tertiary/aromatic N) is 2. The number of amides is 3. The lowest BCUT2D eigenvalue weighted by Crippen LogP contribution is -2.33. The minimum Gasteiger partial charge on any atom is -0.394 e. The number of rotatable bonds is 7. The zero-order valence-corrected chi connectivity index (χ0v) is 15.7. The summed E-state index contributed by atoms with van der Waals surface area (Å²) < 4.78 is 6.69. The molecule has 2 aromatic heterocycles. The summed E-state index contributed by atoms with van der Waals surface area (Å²) in [6.07, 6.45) is -3.46. The highest BCUT2D eigenvalue weighted by Gasteiger charge is 2.44. The van der Waals surface area contributed by atoms with Gasteiger partial charge in [0.05, 0.1) is 17.6 Å². The van der Waals surface area contributed by atoms with E-state index in [1.54, 1.807) is 0 Å². The van der Waals surface area contributed by atoms with Crippen molar-refractivity contribution in [1.82, 2.24) is 25.2 Å². The van der Waals surface area contributed by atoms with Gasteiger partial charge in [0.15, 0.2) is 11.9 Å². The van der Waals surface area contributed by atoms with Crippen LogP contribution in [0.2, 0.25) is 0 Å². The van der Waals surface area contributed by atoms with Crippen LogP contribution in [0.5, 0.6) is 0 Å². The number of nitrogen functional groups attached to an aromatic ring is 1. The maximum atomic E-state index is 12.6. The number of fused-ring (bicyclic) bond motifs is 1. The quantitative estimate of drug-likeness (QED) is 0.207. The van der Waals surface area contributed by atoms with Crippen LogP contribution >= 0.6 is 0 Å². The van der Waals surface area contributed by atoms with E-state index >= 15 is 0 Å². The summed E-state index contributed by atoms with van der Waals surface area (Å²) in [6, 6.07) is -0.682. The minimum atomic E-state index is -1.45. The lowest BCUT2D eigenvalue weighted by Gasteiger charge is -2.17. The van der Waals surface area contributed by atoms with E-state index in [1.807, 2.05) is 0 Å². The molecule has 30 heavy (non-hydrogen) atoms. The molecular formula is C16H23N7O7. The fourth-order valence-electron chi connectivity index (χ4n) is 3.25. The van der Waals surface area contributed by atoms with E-state index in [0.29, 0.717) is 6.42 Å². The Bertz CT molecular complexity index is 1000. The van der Waals surface area contributed by atoms with Gasteiger partial charge in [-0.1, -0.05) is 0 Å². The molecule has 1 aliphatic heterocycles. The Morgan fingerprint density at radius 2 is 1.97 bits per heavy atom. The van der Waals surface area contributed by atoms with Crippen LogP contribution < -0.4 is 27.7 Å². The van der Waals surface area contributed by atoms with Crippen LogP contribution in [0.4, 0.5) is 10.7 Å². The van der Waals surface area contributed by atoms with Gasteiger partial charge in [0.25, 0.3) is 11.5 Å². The summed E-state index contributed by atoms with van der Waals surface area (Å²) in [7, 11) is 0. The zero-order chi connectivity index (χ0) is 22.0. The molecular weight excluding hydrogens is 402 g/mol. The first-order chi connectivity index (χ1) is 14.2. The van der Waals surface area contributed by atoms with Crippen molar-refractivity contribution in [2.45, 2.75) is 31.0 Å². The number of anilines is 1. The number of aromatic amines is 1. The number of carbonyl (C=O) groups excluding carboxylic acids is 2. The molecule has 1 fully saturated rings. The van der Waals surface area contributed by atoms with Gasteiger partial charge in [-0.25, -0.2) is 4.79 Å². The first kappa shape index (κ1) is 21.5. The number of primary amides is 1. The zero-order valence-electron chi connectivity index (χ0n) is 15.7. The molecule has 0 unspecified atom stereocenters. The third-order valence-corrected chi connectivity index (χ3v) is 4.67. The molecule has 2 aromatic rings. The second-order valence-electron chi connectivity index (χ2n) is 6.73. The topological polar surface area (TPSA) is 231 Å². The molecule has 0 aliphatic carbocycles. The number of ether oxygens (including phenoxy) is 1. The summed E-state index contributed by atoms with van der Waals surface area (Å²) in [6.45, 7) is -0.116. The molecule has 0 bridgehead atoms. The summed E-state index contributed by atoms with van der Waals surface area (Å²) in [4.78, 5) is 42.1. The van der Waals surface area contributed by atoms with Crippen molar-refractivity contribution in [3.63, 3.8) is 0 Å². The highest BCUT2D eigenvalue weighted by atomic mass is 16.6. The van der Waals surface area contributed by atoms with Crippen LogP contribution in [0, 0.1) is 0 Å². The fraction of sp³-hybridized carbons (Fsp3) is 0.500. The van der Waals surface area contributed by atoms with E-state index in [9.17, 15) is 29.7 Å². The number of nitrogens with one attached hydrogen (secondary N) is 3. The van der Waals surface area contributed by atoms with Crippen LogP contribution in [-0.2, 0) is 4.74 Å². The number of hydrogen-bond acceptors (Lipinski definition) is 9. The maximum Gasteiger partial charge on any atom is 0.312 e. The Balaban J connectivity index is 1.91. The summed E-state index contributed by atoms with van der Waals surface area (Å²) in [5.41, 5.74) is 9.80. The van der Waals surface area contributed by atoms with Crippen LogP contribution in [0.25, 0.3) is 11.0 Å². The van der Waals surface area contributed by atoms with Crippen LogP contribution in [0.3, 0.4) is 0 Å². The molecule has 3 rings (SSSR count). The average Bonchev–Trinajstić information content (AvgIpc) is 3.19. The average molecular weight is 425 g/mol. The Morgan fingerprint density at radius 3 is 2.60 bits per heavy atom. The predicted octanol–water partition coefficient (Wildman–Crippen LogP) is -3.29. The Morgan fingerprint density at radius 1 is 1.27 bits per heavy atom. The van der Waals surface area contributed by atoms with Crippen molar-refractivity contribution in [3.8, 4) is 0 Å². The lowest BCUT2D eigenvalue weighted by molar-refractivity contribution is -0.0508. The smallest absolute Gasteiger partial charge is 0.312 e. The van der Waals surface area contributed by atoms with Gasteiger partial charge in [-0.2, -0.15) is 4.98 Å². The molecule has 1 saturated heterocycles. The van der Waals surface area contributed by atoms with Gasteiger partial charge in [0, 0.05) is 19.3 Å². The minimum absolute atomic E-state index is 0.0355. The van der Waals surface area contributed by atoms with Crippen LogP contribution in [0.15, 0.2) is 11.0 Å². The van der Waals surface area contributed by atoms with E-state index < -0.39 is 48.6 Å². The van der Waals surface area contributed by atoms with Crippen molar-refractivity contribution in [2.24, 2.45) is 5.73 Å². The van der Waals surface area contributed by atoms with Gasteiger partial charge >= 0.3 is 6.03 Å². The monoisotopic (exact) mass is 425 g/mol. The second kappa shape index (κ2) is 8.66. The molecule has 164 valence electrons. The summed E-state index contributed by atoms with van der Waals surface area (Å²) >= 11 is 0. The molecule has 0 saturated carbocycles. The third kappa shape index (κ3) is 4.06. The summed E-state index contributed by atoms with van der Waals surface area (Å²) in [5.74, 6) is -0.829. The van der Waals surface area contributed by atoms with Gasteiger partial charge in [-0.3, -0.25) is 14.6 Å². The molecule has 14 heteroatoms. The Hall–Kier alpha value is -3.20. The molecule has 4 atom stereocenters. The van der Waals surface area contributed by atoms with E-state index in [4.69, 9.17) is 16.2 Å². The number of aliphatic hydroxyl groups is 3. The maximum absolute atomic E-state index is 12.6. The molecule has 3 heterocycles. The second-order valence-corrected chi connectivity index (χ2v) is 6.73. The van der Waals surface area contributed by atoms with Crippen LogP contribution in [-0.4, -0.2) is 79.8 Å². The SMILES string of the molecule is NC(=O)NCCCNC(=O)c1cn([C@@H]2O[C@H](CO)[C@@H](O)[C@H]2O)c2nc(N)[nH]c(=O)c12. The van der Waals surface area contributed by atoms with Gasteiger partial charge in [0.2, 0.25) is 5.95 Å². The summed E-state index contributed by atoms with van der Waals surface area (Å²) in [5, 5.41) is 34.5. The Labute approximate surface area is 168 Å². The van der Waals surface area contributed by atoms with Crippen molar-refractivity contribution < 1.29 is 29.6 Å². The number of aliphatic hydroxyl groups excluding tert-OH is 3. The van der Waals surface area contributed by atoms with Gasteiger partial charge in [0.1, 0.15) is 18.3 Å². The van der Waals surface area contributed by atoms with E-state index in [-0.39, 0.29) is 35.6 Å². The third-order valence-electron chi connectivity index (χ3n) is 4.67. The largest absolute Gasteiger partial charge is 0.394 e. The number of nitrogens with two attached hydrogens (primary N) is 2. The molecule has 1 aliphatic rings. The van der Waals surface area contributed by atoms with Crippen molar-refractivity contribution >= 4 is 28.9 Å². The van der Waals surface area contributed by atoms with Crippen molar-refractivity contribution in [2.75, 3.05) is 25.4 Å². The predicted molar refractivity (Wildman–Crippen MR) is 102 cm³/mol. The first-order valence-electron chi connectivity index (χ1n) is 9.09. The van der Waals surface area contributed by atoms with Crippen LogP contribution in [0.1, 0.15) is 23.0 Å². The number of aromatic nitrogens is 3. The Kier molecular flexibility index (Phi) is 6.21.